The van der Waals surface area contributed by atoms with E-state index in [1.165, 1.54) is 12.1 Å². The average Bonchev–Trinajstić information content (AvgIpc) is 2.37. The van der Waals surface area contributed by atoms with E-state index in [4.69, 9.17) is 5.73 Å². The molecule has 0 atom stereocenters. The minimum atomic E-state index is -0.492. The van der Waals surface area contributed by atoms with Gasteiger partial charge in [-0.3, -0.25) is 4.79 Å². The van der Waals surface area contributed by atoms with Crippen molar-refractivity contribution in [3.8, 4) is 0 Å². The number of halogens is 1. The number of hydrogen-bond acceptors (Lipinski definition) is 3. The summed E-state index contributed by atoms with van der Waals surface area (Å²) in [6.07, 6.45) is 5.20. The summed E-state index contributed by atoms with van der Waals surface area (Å²) in [6.45, 7) is 2.17. The van der Waals surface area contributed by atoms with E-state index in [-0.39, 0.29) is 5.56 Å². The van der Waals surface area contributed by atoms with Gasteiger partial charge in [0, 0.05) is 12.2 Å². The van der Waals surface area contributed by atoms with Crippen LogP contribution in [0.15, 0.2) is 12.1 Å². The fourth-order valence-electron chi connectivity index (χ4n) is 1.81. The predicted octanol–water partition coefficient (Wildman–Crippen LogP) is 2.98. The van der Waals surface area contributed by atoms with E-state index >= 15 is 0 Å². The summed E-state index contributed by atoms with van der Waals surface area (Å²) in [4.78, 5) is 11.8. The number of unbranched alkanes of at least 4 members (excludes halogenated alkanes) is 2. The first-order valence-corrected chi connectivity index (χ1v) is 7.78. The van der Waals surface area contributed by atoms with Crippen LogP contribution in [0.3, 0.4) is 0 Å². The lowest BCUT2D eigenvalue weighted by Crippen LogP contribution is -2.25. The number of nitrogen functional groups attached to an aromatic ring is 1. The van der Waals surface area contributed by atoms with Gasteiger partial charge in [0.1, 0.15) is 5.82 Å². The second-order valence-electron chi connectivity index (χ2n) is 4.51. The molecule has 0 fully saturated rings. The Morgan fingerprint density at radius 1 is 1.37 bits per heavy atom. The summed E-state index contributed by atoms with van der Waals surface area (Å²) in [5.41, 5.74) is 6.46. The van der Waals surface area contributed by atoms with Crippen LogP contribution in [0.1, 0.15) is 35.2 Å². The third-order valence-electron chi connectivity index (χ3n) is 2.83. The largest absolute Gasteiger partial charge is 0.399 e. The number of aryl methyl sites for hydroxylation is 1. The Morgan fingerprint density at radius 3 is 2.79 bits per heavy atom. The fraction of sp³-hybridized carbons (Fsp3) is 0.500. The quantitative estimate of drug-likeness (QED) is 0.598. The molecule has 1 amide bonds. The number of rotatable bonds is 7. The smallest absolute Gasteiger partial charge is 0.254 e. The van der Waals surface area contributed by atoms with Crippen molar-refractivity contribution in [3.05, 3.63) is 29.1 Å². The van der Waals surface area contributed by atoms with Crippen molar-refractivity contribution in [1.82, 2.24) is 5.32 Å². The van der Waals surface area contributed by atoms with E-state index in [0.29, 0.717) is 17.8 Å². The van der Waals surface area contributed by atoms with Crippen LogP contribution in [0.25, 0.3) is 0 Å². The number of benzene rings is 1. The summed E-state index contributed by atoms with van der Waals surface area (Å²) >= 11 is 1.82. The third-order valence-corrected chi connectivity index (χ3v) is 3.53. The molecule has 0 unspecified atom stereocenters. The van der Waals surface area contributed by atoms with E-state index in [1.807, 2.05) is 11.8 Å². The topological polar surface area (TPSA) is 55.1 Å². The normalized spacial score (nSPS) is 10.5. The Labute approximate surface area is 118 Å². The molecule has 1 aromatic rings. The van der Waals surface area contributed by atoms with Gasteiger partial charge in [-0.2, -0.15) is 11.8 Å². The molecular weight excluding hydrogens is 263 g/mol. The number of anilines is 1. The van der Waals surface area contributed by atoms with Gasteiger partial charge < -0.3 is 11.1 Å². The van der Waals surface area contributed by atoms with Gasteiger partial charge in [0.25, 0.3) is 5.91 Å². The zero-order valence-electron chi connectivity index (χ0n) is 11.5. The first-order chi connectivity index (χ1) is 9.06. The molecule has 19 heavy (non-hydrogen) atoms. The molecule has 0 radical (unpaired) electrons. The lowest BCUT2D eigenvalue weighted by molar-refractivity contribution is 0.0949. The standard InChI is InChI=1S/C14H21FN2OS/c1-10-8-11(16)9-12(13(10)15)14(18)17-6-4-3-5-7-19-2/h8-9H,3-7,16H2,1-2H3,(H,17,18). The van der Waals surface area contributed by atoms with E-state index in [9.17, 15) is 9.18 Å². The molecule has 0 aliphatic carbocycles. The molecule has 0 spiro atoms. The molecule has 1 rings (SSSR count). The Hall–Kier alpha value is -1.23. The second-order valence-corrected chi connectivity index (χ2v) is 5.49. The highest BCUT2D eigenvalue weighted by atomic mass is 32.2. The maximum absolute atomic E-state index is 13.8. The van der Waals surface area contributed by atoms with Crippen LogP contribution in [0.4, 0.5) is 10.1 Å². The minimum Gasteiger partial charge on any atom is -0.399 e. The van der Waals surface area contributed by atoms with Crippen LogP contribution < -0.4 is 11.1 Å². The van der Waals surface area contributed by atoms with E-state index < -0.39 is 11.7 Å². The lowest BCUT2D eigenvalue weighted by atomic mass is 10.1. The molecule has 0 saturated carbocycles. The number of amides is 1. The Balaban J connectivity index is 2.46. The number of carbonyl (C=O) groups is 1. The summed E-state index contributed by atoms with van der Waals surface area (Å²) in [5, 5.41) is 2.73. The highest BCUT2D eigenvalue weighted by Crippen LogP contribution is 2.17. The molecule has 0 bridgehead atoms. The van der Waals surface area contributed by atoms with Crippen LogP contribution in [-0.4, -0.2) is 24.5 Å². The van der Waals surface area contributed by atoms with Gasteiger partial charge in [-0.25, -0.2) is 4.39 Å². The monoisotopic (exact) mass is 284 g/mol. The van der Waals surface area contributed by atoms with E-state index in [0.717, 1.165) is 25.0 Å². The molecule has 0 aromatic heterocycles. The molecule has 3 N–H and O–H groups in total. The first-order valence-electron chi connectivity index (χ1n) is 6.39. The SMILES string of the molecule is CSCCCCCNC(=O)c1cc(N)cc(C)c1F. The number of carbonyl (C=O) groups excluding carboxylic acids is 1. The van der Waals surface area contributed by atoms with Crippen LogP contribution in [-0.2, 0) is 0 Å². The van der Waals surface area contributed by atoms with Gasteiger partial charge in [-0.1, -0.05) is 6.42 Å². The fourth-order valence-corrected chi connectivity index (χ4v) is 2.30. The molecule has 106 valence electrons. The second kappa shape index (κ2) is 8.04. The van der Waals surface area contributed by atoms with Crippen LogP contribution >= 0.6 is 11.8 Å². The average molecular weight is 284 g/mol. The number of thioether (sulfide) groups is 1. The predicted molar refractivity (Wildman–Crippen MR) is 80.1 cm³/mol. The molecule has 5 heteroatoms. The van der Waals surface area contributed by atoms with Crippen LogP contribution in [0.2, 0.25) is 0 Å². The highest BCUT2D eigenvalue weighted by molar-refractivity contribution is 7.98. The zero-order valence-corrected chi connectivity index (χ0v) is 12.3. The molecule has 3 nitrogen and oxygen atoms in total. The molecule has 0 saturated heterocycles. The summed E-state index contributed by atoms with van der Waals surface area (Å²) < 4.78 is 13.8. The van der Waals surface area contributed by atoms with Crippen molar-refractivity contribution in [3.63, 3.8) is 0 Å². The van der Waals surface area contributed by atoms with Crippen molar-refractivity contribution in [2.75, 3.05) is 24.3 Å². The lowest BCUT2D eigenvalue weighted by Gasteiger charge is -2.08. The number of nitrogens with one attached hydrogen (secondary N) is 1. The van der Waals surface area contributed by atoms with Gasteiger partial charge in [0.2, 0.25) is 0 Å². The number of hydrogen-bond donors (Lipinski definition) is 2. The van der Waals surface area contributed by atoms with Gasteiger partial charge in [0.05, 0.1) is 5.56 Å². The highest BCUT2D eigenvalue weighted by Gasteiger charge is 2.13. The van der Waals surface area contributed by atoms with Crippen LogP contribution in [0, 0.1) is 12.7 Å². The van der Waals surface area contributed by atoms with E-state index in [1.54, 1.807) is 6.92 Å². The van der Waals surface area contributed by atoms with Crippen molar-refractivity contribution in [1.29, 1.82) is 0 Å². The molecule has 1 aromatic carbocycles. The minimum absolute atomic E-state index is 0.0293. The molecule has 0 heterocycles. The summed E-state index contributed by atoms with van der Waals surface area (Å²) in [7, 11) is 0. The molecule has 0 aliphatic heterocycles. The molecular formula is C14H21FN2OS. The Morgan fingerprint density at radius 2 is 2.11 bits per heavy atom. The maximum atomic E-state index is 13.8. The van der Waals surface area contributed by atoms with Crippen LogP contribution in [0.5, 0.6) is 0 Å². The Kier molecular flexibility index (Phi) is 6.70. The van der Waals surface area contributed by atoms with Crippen molar-refractivity contribution in [2.45, 2.75) is 26.2 Å². The first kappa shape index (κ1) is 15.8. The maximum Gasteiger partial charge on any atom is 0.254 e. The van der Waals surface area contributed by atoms with Gasteiger partial charge in [-0.05, 0) is 49.5 Å². The number of nitrogens with two attached hydrogens (primary N) is 1. The Bertz CT molecular complexity index is 438. The van der Waals surface area contributed by atoms with Crippen molar-refractivity contribution < 1.29 is 9.18 Å². The van der Waals surface area contributed by atoms with Crippen molar-refractivity contribution in [2.24, 2.45) is 0 Å². The van der Waals surface area contributed by atoms with Gasteiger partial charge in [0.15, 0.2) is 0 Å². The summed E-state index contributed by atoms with van der Waals surface area (Å²) in [5.74, 6) is 0.253. The van der Waals surface area contributed by atoms with Gasteiger partial charge >= 0.3 is 0 Å². The van der Waals surface area contributed by atoms with E-state index in [2.05, 4.69) is 11.6 Å². The summed E-state index contributed by atoms with van der Waals surface area (Å²) in [6, 6.07) is 2.90. The zero-order chi connectivity index (χ0) is 14.3. The molecule has 0 aliphatic rings. The van der Waals surface area contributed by atoms with Crippen molar-refractivity contribution >= 4 is 23.4 Å². The third kappa shape index (κ3) is 5.11. The van der Waals surface area contributed by atoms with Gasteiger partial charge in [-0.15, -0.1) is 0 Å².